The van der Waals surface area contributed by atoms with E-state index in [1.807, 2.05) is 0 Å². The highest BCUT2D eigenvalue weighted by Crippen LogP contribution is 2.31. The summed E-state index contributed by atoms with van der Waals surface area (Å²) in [5.41, 5.74) is 0. The maximum Gasteiger partial charge on any atom is 0.187 e. The van der Waals surface area contributed by atoms with Crippen LogP contribution in [-0.2, 0) is 18.9 Å². The van der Waals surface area contributed by atoms with Gasteiger partial charge in [-0.15, -0.1) is 0 Å². The Morgan fingerprint density at radius 2 is 0.683 bits per heavy atom. The lowest BCUT2D eigenvalue weighted by atomic mass is 9.96. The zero-order valence-corrected chi connectivity index (χ0v) is 38.6. The molecule has 0 aliphatic carbocycles. The molecule has 0 radical (unpaired) electrons. The molecule has 0 bridgehead atoms. The van der Waals surface area contributed by atoms with Gasteiger partial charge < -0.3 is 54.7 Å². The van der Waals surface area contributed by atoms with Crippen LogP contribution in [0.3, 0.4) is 0 Å². The second kappa shape index (κ2) is 36.9. The van der Waals surface area contributed by atoms with Crippen LogP contribution >= 0.6 is 0 Å². The SMILES string of the molecule is CCCCCCCCCCCCCCCCCCC[C@H](CCCCCCCCCCCCCCCCC)O[C@@H]1O[C@H](CO)[C@H](O[C@H]2O[C@H](CO)[C@@H](O)[C@H](O)[C@H]2O)[C@H](O)[C@H]1O. The van der Waals surface area contributed by atoms with Gasteiger partial charge in [0.05, 0.1) is 19.3 Å². The first kappa shape index (κ1) is 55.7. The molecule has 11 atom stereocenters. The van der Waals surface area contributed by atoms with Crippen molar-refractivity contribution in [1.82, 2.24) is 0 Å². The summed E-state index contributed by atoms with van der Waals surface area (Å²) in [7, 11) is 0. The molecule has 0 aromatic heterocycles. The molecule has 0 saturated carbocycles. The maximum absolute atomic E-state index is 11.2. The van der Waals surface area contributed by atoms with Crippen molar-refractivity contribution in [3.63, 3.8) is 0 Å². The normalized spacial score (nSPS) is 27.8. The smallest absolute Gasteiger partial charge is 0.187 e. The lowest BCUT2D eigenvalue weighted by molar-refractivity contribution is -0.363. The minimum absolute atomic E-state index is 0.183. The summed E-state index contributed by atoms with van der Waals surface area (Å²) in [4.78, 5) is 0. The molecule has 0 aromatic carbocycles. The van der Waals surface area contributed by atoms with Gasteiger partial charge in [-0.2, -0.15) is 0 Å². The molecule has 2 rings (SSSR count). The van der Waals surface area contributed by atoms with E-state index in [4.69, 9.17) is 18.9 Å². The molecule has 0 aromatic rings. The van der Waals surface area contributed by atoms with E-state index in [-0.39, 0.29) is 6.10 Å². The van der Waals surface area contributed by atoms with Crippen molar-refractivity contribution in [3.05, 3.63) is 0 Å². The van der Waals surface area contributed by atoms with E-state index in [2.05, 4.69) is 13.8 Å². The van der Waals surface area contributed by atoms with Crippen LogP contribution in [0.1, 0.15) is 232 Å². The van der Waals surface area contributed by atoms with E-state index in [1.165, 1.54) is 180 Å². The van der Waals surface area contributed by atoms with Crippen LogP contribution in [0.4, 0.5) is 0 Å². The van der Waals surface area contributed by atoms with Gasteiger partial charge in [-0.25, -0.2) is 0 Å². The van der Waals surface area contributed by atoms with Gasteiger partial charge in [-0.3, -0.25) is 0 Å². The zero-order valence-electron chi connectivity index (χ0n) is 38.6. The van der Waals surface area contributed by atoms with Crippen molar-refractivity contribution >= 4 is 0 Å². The van der Waals surface area contributed by atoms with Gasteiger partial charge in [0.1, 0.15) is 48.8 Å². The summed E-state index contributed by atoms with van der Waals surface area (Å²) in [6.07, 6.45) is 28.7. The second-order valence-electron chi connectivity index (χ2n) is 18.4. The molecule has 2 saturated heterocycles. The molecule has 0 spiro atoms. The fourth-order valence-electron chi connectivity index (χ4n) is 8.98. The van der Waals surface area contributed by atoms with E-state index in [0.29, 0.717) is 0 Å². The third kappa shape index (κ3) is 24.0. The number of unbranched alkanes of at least 4 members (excludes halogenated alkanes) is 30. The fourth-order valence-corrected chi connectivity index (χ4v) is 8.98. The Morgan fingerprint density at radius 3 is 1.03 bits per heavy atom. The molecule has 2 heterocycles. The average Bonchev–Trinajstić information content (AvgIpc) is 3.25. The van der Waals surface area contributed by atoms with Gasteiger partial charge in [0.25, 0.3) is 0 Å². The first-order valence-electron chi connectivity index (χ1n) is 25.5. The maximum atomic E-state index is 11.2. The standard InChI is InChI=1S/C49H96O11/c1-3-5-7-9-11-13-15-17-19-20-22-24-26-28-30-32-34-36-39(35-33-31-29-27-25-23-21-18-16-14-12-10-8-6-4-2)57-48-46(56)44(54)47(41(38-51)59-48)60-49-45(55)43(53)42(52)40(37-50)58-49/h39-56H,3-38H2,1-2H3/t39-,40+,41+,42+,43-,44+,45+,46+,47-,48+,49+/m0/s1. The number of hydrogen-bond acceptors (Lipinski definition) is 11. The van der Waals surface area contributed by atoms with Crippen LogP contribution in [0.25, 0.3) is 0 Å². The van der Waals surface area contributed by atoms with Crippen LogP contribution in [-0.4, -0.2) is 116 Å². The van der Waals surface area contributed by atoms with E-state index in [1.54, 1.807) is 0 Å². The van der Waals surface area contributed by atoms with E-state index >= 15 is 0 Å². The van der Waals surface area contributed by atoms with Crippen LogP contribution in [0, 0.1) is 0 Å². The predicted molar refractivity (Wildman–Crippen MR) is 240 cm³/mol. The third-order valence-corrected chi connectivity index (χ3v) is 13.0. The van der Waals surface area contributed by atoms with Crippen LogP contribution in [0.5, 0.6) is 0 Å². The summed E-state index contributed by atoms with van der Waals surface area (Å²) in [6.45, 7) is 3.32. The summed E-state index contributed by atoms with van der Waals surface area (Å²) in [6, 6.07) is 0. The summed E-state index contributed by atoms with van der Waals surface area (Å²) >= 11 is 0. The van der Waals surface area contributed by atoms with Gasteiger partial charge in [-0.05, 0) is 12.8 Å². The number of aliphatic hydroxyl groups is 7. The molecule has 11 nitrogen and oxygen atoms in total. The highest BCUT2D eigenvalue weighted by molar-refractivity contribution is 4.94. The average molecular weight is 861 g/mol. The Morgan fingerprint density at radius 1 is 0.367 bits per heavy atom. The minimum atomic E-state index is -1.70. The third-order valence-electron chi connectivity index (χ3n) is 13.0. The highest BCUT2D eigenvalue weighted by Gasteiger charge is 2.51. The number of hydrogen-bond donors (Lipinski definition) is 7. The Kier molecular flexibility index (Phi) is 34.2. The van der Waals surface area contributed by atoms with Gasteiger partial charge in [-0.1, -0.05) is 219 Å². The van der Waals surface area contributed by atoms with Crippen LogP contribution in [0.2, 0.25) is 0 Å². The van der Waals surface area contributed by atoms with Crippen LogP contribution in [0.15, 0.2) is 0 Å². The quantitative estimate of drug-likeness (QED) is 0.0292. The fraction of sp³-hybridized carbons (Fsp3) is 1.00. The van der Waals surface area contributed by atoms with Crippen LogP contribution < -0.4 is 0 Å². The van der Waals surface area contributed by atoms with E-state index < -0.39 is 74.6 Å². The van der Waals surface area contributed by atoms with E-state index in [0.717, 1.165) is 38.5 Å². The number of aliphatic hydroxyl groups excluding tert-OH is 7. The van der Waals surface area contributed by atoms with Crippen molar-refractivity contribution in [2.75, 3.05) is 13.2 Å². The van der Waals surface area contributed by atoms with Gasteiger partial charge in [0.15, 0.2) is 12.6 Å². The molecule has 60 heavy (non-hydrogen) atoms. The van der Waals surface area contributed by atoms with Crippen molar-refractivity contribution in [3.8, 4) is 0 Å². The first-order chi connectivity index (χ1) is 29.3. The highest BCUT2D eigenvalue weighted by atomic mass is 16.7. The Bertz CT molecular complexity index is 941. The molecule has 0 amide bonds. The molecule has 2 aliphatic heterocycles. The molecule has 7 N–H and O–H groups in total. The van der Waals surface area contributed by atoms with Crippen molar-refractivity contribution in [1.29, 1.82) is 0 Å². The van der Waals surface area contributed by atoms with Crippen molar-refractivity contribution in [2.45, 2.75) is 300 Å². The Hall–Kier alpha value is -0.440. The Labute approximate surface area is 366 Å². The first-order valence-corrected chi connectivity index (χ1v) is 25.5. The molecule has 2 aliphatic rings. The lowest BCUT2D eigenvalue weighted by Gasteiger charge is -2.46. The molecule has 2 fully saturated rings. The number of ether oxygens (including phenoxy) is 4. The molecular formula is C49H96O11. The monoisotopic (exact) mass is 861 g/mol. The molecule has 11 heteroatoms. The summed E-state index contributed by atoms with van der Waals surface area (Å²) in [5.74, 6) is 0. The topological polar surface area (TPSA) is 179 Å². The summed E-state index contributed by atoms with van der Waals surface area (Å²) in [5, 5.41) is 73.0. The molecule has 0 unspecified atom stereocenters. The lowest BCUT2D eigenvalue weighted by Crippen LogP contribution is -2.64. The van der Waals surface area contributed by atoms with Gasteiger partial charge in [0.2, 0.25) is 0 Å². The zero-order chi connectivity index (χ0) is 43.6. The van der Waals surface area contributed by atoms with E-state index in [9.17, 15) is 35.7 Å². The van der Waals surface area contributed by atoms with Crippen molar-refractivity contribution < 1.29 is 54.7 Å². The minimum Gasteiger partial charge on any atom is -0.394 e. The molecule has 358 valence electrons. The second-order valence-corrected chi connectivity index (χ2v) is 18.4. The number of rotatable bonds is 40. The Balaban J connectivity index is 1.76. The molecular weight excluding hydrogens is 765 g/mol. The largest absolute Gasteiger partial charge is 0.394 e. The van der Waals surface area contributed by atoms with Crippen molar-refractivity contribution in [2.24, 2.45) is 0 Å². The van der Waals surface area contributed by atoms with Gasteiger partial charge in [0, 0.05) is 0 Å². The summed E-state index contributed by atoms with van der Waals surface area (Å²) < 4.78 is 23.6. The predicted octanol–water partition coefficient (Wildman–Crippen LogP) is 9.30. The van der Waals surface area contributed by atoms with Gasteiger partial charge >= 0.3 is 0 Å².